The third kappa shape index (κ3) is 21.5. The number of unbranched alkanes of at least 4 members (excludes halogenated alkanes) is 1. The number of nitrogens with zero attached hydrogens (tertiary/aromatic N) is 1. The fourth-order valence-electron chi connectivity index (χ4n) is 7.97. The molecule has 0 bridgehead atoms. The maximum absolute atomic E-state index is 14.1. The lowest BCUT2D eigenvalue weighted by Gasteiger charge is -2.31. The Bertz CT molecular complexity index is 2250. The summed E-state index contributed by atoms with van der Waals surface area (Å²) in [4.78, 5) is 158. The Kier molecular flexibility index (Phi) is 27.9. The van der Waals surface area contributed by atoms with Crippen molar-refractivity contribution in [1.29, 1.82) is 0 Å². The predicted octanol–water partition coefficient (Wildman–Crippen LogP) is -2.61. The van der Waals surface area contributed by atoms with Crippen LogP contribution in [0.4, 0.5) is 0 Å². The standard InChI is InChI=1S/C49H76N10O17S/c1-7-9-11-30(42(68)55-33(22-60)44(70)54-32(49(75)76)20-26-13-15-27(61)16-14-26)52-45(71)35-12-10-19-59(35)48(74)34(23-77)56-41(67)29(8-2)51-46(72)38(24(3)4)58-47(73)39(25(5)6)57-43(69)31(21-37(64)65)53-40(66)28(50)17-18-36(62)63/h13-16,24-25,28-35,38-39,60-61,77H,7-12,17-23,50H2,1-6H3,(H,51,72)(H,52,71)(H,53,66)(H,54,70)(H,55,68)(H,56,67)(H,57,69)(H,58,73)(H,62,63)(H,64,65)(H,75,76)/t28-,29-,30-,31-,32-,33-,34-,35-,38-,39-/m0/s1. The average molecular weight is 1110 g/mol. The molecule has 1 saturated heterocycles. The van der Waals surface area contributed by atoms with Gasteiger partial charge in [-0.1, -0.05) is 66.5 Å². The maximum atomic E-state index is 14.1. The van der Waals surface area contributed by atoms with Crippen LogP contribution in [0.15, 0.2) is 24.3 Å². The van der Waals surface area contributed by atoms with Crippen molar-refractivity contribution in [2.24, 2.45) is 17.6 Å². The molecule has 0 radical (unpaired) electrons. The van der Waals surface area contributed by atoms with Gasteiger partial charge in [0, 0.05) is 25.1 Å². The summed E-state index contributed by atoms with van der Waals surface area (Å²) in [5.74, 6) is -13.7. The molecule has 1 aliphatic rings. The average Bonchev–Trinajstić information content (AvgIpc) is 3.87. The summed E-state index contributed by atoms with van der Waals surface area (Å²) in [7, 11) is 0. The molecule has 1 aromatic carbocycles. The van der Waals surface area contributed by atoms with Gasteiger partial charge in [0.1, 0.15) is 60.1 Å². The molecule has 0 unspecified atom stereocenters. The zero-order valence-electron chi connectivity index (χ0n) is 44.0. The Balaban J connectivity index is 2.17. The summed E-state index contributed by atoms with van der Waals surface area (Å²) in [5.41, 5.74) is 6.19. The van der Waals surface area contributed by atoms with Crippen molar-refractivity contribution in [2.75, 3.05) is 18.9 Å². The second-order valence-electron chi connectivity index (χ2n) is 19.3. The number of carboxylic acid groups (broad SMARTS) is 3. The number of amides is 9. The van der Waals surface area contributed by atoms with E-state index in [1.165, 1.54) is 29.2 Å². The zero-order chi connectivity index (χ0) is 58.3. The van der Waals surface area contributed by atoms with Crippen molar-refractivity contribution >= 4 is 83.7 Å². The van der Waals surface area contributed by atoms with Crippen molar-refractivity contribution in [3.8, 4) is 5.75 Å². The molecule has 9 amide bonds. The van der Waals surface area contributed by atoms with Gasteiger partial charge in [-0.25, -0.2) is 4.79 Å². The van der Waals surface area contributed by atoms with Gasteiger partial charge < -0.3 is 78.7 Å². The molecule has 1 fully saturated rings. The van der Waals surface area contributed by atoms with Crippen LogP contribution < -0.4 is 48.3 Å². The van der Waals surface area contributed by atoms with Crippen LogP contribution in [-0.4, -0.2) is 181 Å². The minimum absolute atomic E-state index is 0.0140. The molecule has 77 heavy (non-hydrogen) atoms. The van der Waals surface area contributed by atoms with E-state index in [9.17, 15) is 78.0 Å². The number of likely N-dealkylation sites (tertiary alicyclic amines) is 1. The fourth-order valence-corrected chi connectivity index (χ4v) is 8.21. The molecule has 1 aromatic rings. The number of benzene rings is 1. The summed E-state index contributed by atoms with van der Waals surface area (Å²) in [6, 6.07) is -8.35. The van der Waals surface area contributed by atoms with Crippen LogP contribution in [0.1, 0.15) is 105 Å². The highest BCUT2D eigenvalue weighted by molar-refractivity contribution is 7.80. The largest absolute Gasteiger partial charge is 0.508 e. The van der Waals surface area contributed by atoms with Gasteiger partial charge in [-0.05, 0) is 61.6 Å². The Labute approximate surface area is 451 Å². The molecule has 0 aliphatic carbocycles. The highest BCUT2D eigenvalue weighted by Crippen LogP contribution is 2.20. The number of phenols is 1. The zero-order valence-corrected chi connectivity index (χ0v) is 44.9. The summed E-state index contributed by atoms with van der Waals surface area (Å²) in [5, 5.41) is 67.4. The molecule has 0 saturated carbocycles. The van der Waals surface area contributed by atoms with Crippen LogP contribution in [-0.2, 0) is 64.0 Å². The quantitative estimate of drug-likeness (QED) is 0.0321. The van der Waals surface area contributed by atoms with E-state index in [2.05, 4.69) is 55.2 Å². The molecule has 0 spiro atoms. The number of phenolic OH excluding ortho intramolecular Hbond substituents is 1. The van der Waals surface area contributed by atoms with Gasteiger partial charge in [0.05, 0.1) is 19.1 Å². The lowest BCUT2D eigenvalue weighted by atomic mass is 9.98. The highest BCUT2D eigenvalue weighted by atomic mass is 32.1. The number of aliphatic hydroxyl groups excluding tert-OH is 1. The summed E-state index contributed by atoms with van der Waals surface area (Å²) >= 11 is 4.28. The first-order valence-electron chi connectivity index (χ1n) is 25.3. The Hall–Kier alpha value is -7.07. The number of aliphatic hydroxyl groups is 1. The molecule has 1 aliphatic heterocycles. The number of carboxylic acids is 3. The molecule has 0 aromatic heterocycles. The lowest BCUT2D eigenvalue weighted by Crippen LogP contribution is -2.62. The van der Waals surface area contributed by atoms with Gasteiger partial charge in [-0.2, -0.15) is 12.6 Å². The first kappa shape index (κ1) is 66.0. The molecule has 27 nitrogen and oxygen atoms in total. The smallest absolute Gasteiger partial charge is 0.326 e. The van der Waals surface area contributed by atoms with E-state index in [1.807, 2.05) is 6.92 Å². The van der Waals surface area contributed by atoms with E-state index in [0.717, 1.165) is 0 Å². The number of aromatic hydroxyl groups is 1. The number of nitrogens with two attached hydrogens (primary N) is 1. The molecule has 430 valence electrons. The van der Waals surface area contributed by atoms with Crippen LogP contribution in [0, 0.1) is 11.8 Å². The predicted molar refractivity (Wildman–Crippen MR) is 277 cm³/mol. The third-order valence-corrected chi connectivity index (χ3v) is 12.8. The Morgan fingerprint density at radius 2 is 1.14 bits per heavy atom. The highest BCUT2D eigenvalue weighted by Gasteiger charge is 2.40. The Morgan fingerprint density at radius 1 is 0.636 bits per heavy atom. The summed E-state index contributed by atoms with van der Waals surface area (Å²) in [6.45, 7) is 8.80. The van der Waals surface area contributed by atoms with Crippen molar-refractivity contribution in [3.63, 3.8) is 0 Å². The van der Waals surface area contributed by atoms with Gasteiger partial charge in [0.15, 0.2) is 0 Å². The monoisotopic (exact) mass is 1110 g/mol. The number of carbonyl (C=O) groups excluding carboxylic acids is 9. The Morgan fingerprint density at radius 3 is 1.66 bits per heavy atom. The van der Waals surface area contributed by atoms with E-state index in [-0.39, 0.29) is 50.2 Å². The number of aliphatic carboxylic acids is 3. The van der Waals surface area contributed by atoms with Crippen molar-refractivity contribution < 1.29 is 83.1 Å². The van der Waals surface area contributed by atoms with E-state index < -0.39 is 163 Å². The molecular formula is C49H76N10O17S. The van der Waals surface area contributed by atoms with Gasteiger partial charge in [0.2, 0.25) is 53.2 Å². The fraction of sp³-hybridized carbons (Fsp3) is 0.633. The minimum atomic E-state index is -1.73. The van der Waals surface area contributed by atoms with E-state index in [0.29, 0.717) is 24.8 Å². The summed E-state index contributed by atoms with van der Waals surface area (Å²) < 4.78 is 0. The SMILES string of the molecule is CCCC[C@H](NC(=O)[C@@H]1CCCN1C(=O)[C@H](CS)NC(=O)[C@H](CC)NC(=O)[C@@H](NC(=O)[C@@H](NC(=O)[C@H](CC(=O)O)NC(=O)[C@@H](N)CCC(=O)O)C(C)C)C(C)C)C(=O)N[C@@H](CO)C(=O)N[C@@H](Cc1ccc(O)cc1)C(=O)O. The first-order valence-corrected chi connectivity index (χ1v) is 26.0. The molecule has 1 heterocycles. The molecule has 10 atom stereocenters. The third-order valence-electron chi connectivity index (χ3n) is 12.5. The molecule has 2 rings (SSSR count). The van der Waals surface area contributed by atoms with Gasteiger partial charge in [0.25, 0.3) is 0 Å². The second-order valence-corrected chi connectivity index (χ2v) is 19.6. The maximum Gasteiger partial charge on any atom is 0.326 e. The van der Waals surface area contributed by atoms with Crippen LogP contribution in [0.25, 0.3) is 0 Å². The van der Waals surface area contributed by atoms with Crippen LogP contribution in [0.5, 0.6) is 5.75 Å². The molecule has 28 heteroatoms. The number of thiol groups is 1. The number of hydrogen-bond donors (Lipinski definition) is 15. The van der Waals surface area contributed by atoms with Crippen LogP contribution in [0.2, 0.25) is 0 Å². The van der Waals surface area contributed by atoms with Gasteiger partial charge >= 0.3 is 17.9 Å². The number of rotatable bonds is 33. The van der Waals surface area contributed by atoms with Crippen molar-refractivity contribution in [1.82, 2.24) is 47.4 Å². The van der Waals surface area contributed by atoms with Gasteiger partial charge in [-0.3, -0.25) is 52.7 Å². The lowest BCUT2D eigenvalue weighted by molar-refractivity contribution is -0.143. The molecule has 15 N–H and O–H groups in total. The van der Waals surface area contributed by atoms with E-state index >= 15 is 0 Å². The summed E-state index contributed by atoms with van der Waals surface area (Å²) in [6.07, 6.45) is -0.319. The van der Waals surface area contributed by atoms with Gasteiger partial charge in [-0.15, -0.1) is 0 Å². The number of hydrogen-bond acceptors (Lipinski definition) is 16. The van der Waals surface area contributed by atoms with E-state index in [4.69, 9.17) is 10.8 Å². The normalized spacial score (nSPS) is 16.7. The topological polar surface area (TPSA) is 431 Å². The minimum Gasteiger partial charge on any atom is -0.508 e. The van der Waals surface area contributed by atoms with Crippen molar-refractivity contribution in [3.05, 3.63) is 29.8 Å². The van der Waals surface area contributed by atoms with Crippen LogP contribution >= 0.6 is 12.6 Å². The van der Waals surface area contributed by atoms with Crippen molar-refractivity contribution in [2.45, 2.75) is 166 Å². The number of carbonyl (C=O) groups is 12. The molecular weight excluding hydrogens is 1030 g/mol. The number of nitrogens with one attached hydrogen (secondary N) is 8. The van der Waals surface area contributed by atoms with E-state index in [1.54, 1.807) is 34.6 Å². The van der Waals surface area contributed by atoms with Crippen LogP contribution in [0.3, 0.4) is 0 Å². The second kappa shape index (κ2) is 32.5. The first-order chi connectivity index (χ1) is 36.2.